The van der Waals surface area contributed by atoms with Gasteiger partial charge in [0.25, 0.3) is 0 Å². The number of nitrogens with zero attached hydrogens (tertiary/aromatic N) is 2. The highest BCUT2D eigenvalue weighted by Crippen LogP contribution is 2.41. The summed E-state index contributed by atoms with van der Waals surface area (Å²) in [6, 6.07) is 10.8. The summed E-state index contributed by atoms with van der Waals surface area (Å²) >= 11 is 7.40. The number of hydrogen-bond acceptors (Lipinski definition) is 3. The third kappa shape index (κ3) is 2.80. The highest BCUT2D eigenvalue weighted by Gasteiger charge is 2.39. The molecule has 21 heavy (non-hydrogen) atoms. The predicted molar refractivity (Wildman–Crippen MR) is 91.5 cm³/mol. The number of aryl methyl sites for hydroxylation is 1. The first-order valence-corrected chi connectivity index (χ1v) is 8.47. The maximum Gasteiger partial charge on any atom is 0.170 e. The van der Waals surface area contributed by atoms with Crippen molar-refractivity contribution in [3.63, 3.8) is 0 Å². The van der Waals surface area contributed by atoms with Crippen molar-refractivity contribution in [1.29, 1.82) is 0 Å². The summed E-state index contributed by atoms with van der Waals surface area (Å²) < 4.78 is 0. The standard InChI is InChI=1S/C16H19N3S2/c1-3-10-19-15(13-8-7-11(2)21-13)14(18-16(19)20)12-6-4-5-9-17-12/h4-9,14-15H,3,10H2,1-2H3,(H,18,20)/t14-,15+/m0/s1. The van der Waals surface area contributed by atoms with Crippen molar-refractivity contribution in [1.82, 2.24) is 15.2 Å². The molecule has 0 saturated carbocycles. The van der Waals surface area contributed by atoms with Crippen LogP contribution in [-0.4, -0.2) is 21.5 Å². The normalized spacial score (nSPS) is 21.6. The smallest absolute Gasteiger partial charge is 0.170 e. The Balaban J connectivity index is 2.00. The fourth-order valence-electron chi connectivity index (χ4n) is 2.81. The van der Waals surface area contributed by atoms with E-state index in [1.54, 1.807) is 0 Å². The highest BCUT2D eigenvalue weighted by molar-refractivity contribution is 7.80. The Hall–Kier alpha value is -1.46. The van der Waals surface area contributed by atoms with Gasteiger partial charge in [-0.25, -0.2) is 0 Å². The summed E-state index contributed by atoms with van der Waals surface area (Å²) in [6.45, 7) is 5.30. The van der Waals surface area contributed by atoms with Crippen LogP contribution in [0.1, 0.15) is 40.9 Å². The van der Waals surface area contributed by atoms with Crippen molar-refractivity contribution in [2.24, 2.45) is 0 Å². The van der Waals surface area contributed by atoms with E-state index in [1.165, 1.54) is 9.75 Å². The zero-order valence-electron chi connectivity index (χ0n) is 12.2. The molecule has 3 nitrogen and oxygen atoms in total. The van der Waals surface area contributed by atoms with Gasteiger partial charge in [-0.05, 0) is 49.8 Å². The molecule has 0 amide bonds. The quantitative estimate of drug-likeness (QED) is 0.867. The van der Waals surface area contributed by atoms with Crippen molar-refractivity contribution in [3.05, 3.63) is 52.0 Å². The Labute approximate surface area is 135 Å². The highest BCUT2D eigenvalue weighted by atomic mass is 32.1. The van der Waals surface area contributed by atoms with Gasteiger partial charge in [-0.1, -0.05) is 13.0 Å². The van der Waals surface area contributed by atoms with Crippen LogP contribution >= 0.6 is 23.6 Å². The van der Waals surface area contributed by atoms with Crippen LogP contribution in [0.2, 0.25) is 0 Å². The van der Waals surface area contributed by atoms with Crippen LogP contribution in [0.15, 0.2) is 36.5 Å². The van der Waals surface area contributed by atoms with Gasteiger partial charge in [-0.15, -0.1) is 11.3 Å². The molecular weight excluding hydrogens is 298 g/mol. The number of thiocarbonyl (C=S) groups is 1. The molecule has 0 aromatic carbocycles. The van der Waals surface area contributed by atoms with Gasteiger partial charge in [-0.2, -0.15) is 0 Å². The Morgan fingerprint density at radius 2 is 2.19 bits per heavy atom. The lowest BCUT2D eigenvalue weighted by atomic mass is 10.0. The number of pyridine rings is 1. The average molecular weight is 317 g/mol. The second-order valence-electron chi connectivity index (χ2n) is 5.27. The topological polar surface area (TPSA) is 28.2 Å². The number of rotatable bonds is 4. The largest absolute Gasteiger partial charge is 0.352 e. The van der Waals surface area contributed by atoms with E-state index in [2.05, 4.69) is 47.2 Å². The Morgan fingerprint density at radius 3 is 2.81 bits per heavy atom. The first-order chi connectivity index (χ1) is 10.2. The summed E-state index contributed by atoms with van der Waals surface area (Å²) in [6.07, 6.45) is 2.93. The fraction of sp³-hybridized carbons (Fsp3) is 0.375. The number of thiophene rings is 1. The number of hydrogen-bond donors (Lipinski definition) is 1. The molecule has 0 unspecified atom stereocenters. The lowest BCUT2D eigenvalue weighted by Gasteiger charge is -2.26. The Morgan fingerprint density at radius 1 is 1.33 bits per heavy atom. The molecule has 1 aliphatic heterocycles. The van der Waals surface area contributed by atoms with Gasteiger partial charge in [-0.3, -0.25) is 4.98 Å². The van der Waals surface area contributed by atoms with Crippen LogP contribution in [-0.2, 0) is 0 Å². The van der Waals surface area contributed by atoms with Gasteiger partial charge in [0.2, 0.25) is 0 Å². The predicted octanol–water partition coefficient (Wildman–Crippen LogP) is 3.83. The summed E-state index contributed by atoms with van der Waals surface area (Å²) in [5, 5.41) is 4.30. The molecule has 3 heterocycles. The van der Waals surface area contributed by atoms with Crippen LogP contribution in [0.4, 0.5) is 0 Å². The zero-order chi connectivity index (χ0) is 14.8. The Bertz CT molecular complexity index is 623. The molecule has 2 aromatic rings. The summed E-state index contributed by atoms with van der Waals surface area (Å²) in [4.78, 5) is 9.52. The van der Waals surface area contributed by atoms with E-state index in [-0.39, 0.29) is 12.1 Å². The first kappa shape index (κ1) is 14.5. The van der Waals surface area contributed by atoms with Gasteiger partial charge < -0.3 is 10.2 Å². The maximum atomic E-state index is 5.56. The molecule has 2 atom stereocenters. The molecular formula is C16H19N3S2. The minimum absolute atomic E-state index is 0.128. The molecule has 1 fully saturated rings. The molecule has 1 N–H and O–H groups in total. The molecule has 0 aliphatic carbocycles. The average Bonchev–Trinajstić information content (AvgIpc) is 3.05. The van der Waals surface area contributed by atoms with Gasteiger partial charge in [0.05, 0.1) is 17.8 Å². The summed E-state index contributed by atoms with van der Waals surface area (Å²) in [5.41, 5.74) is 1.05. The molecule has 2 aromatic heterocycles. The second kappa shape index (κ2) is 6.12. The molecule has 0 spiro atoms. The molecule has 1 aliphatic rings. The maximum absolute atomic E-state index is 5.56. The minimum Gasteiger partial charge on any atom is -0.352 e. The minimum atomic E-state index is 0.128. The summed E-state index contributed by atoms with van der Waals surface area (Å²) in [5.74, 6) is 0. The summed E-state index contributed by atoms with van der Waals surface area (Å²) in [7, 11) is 0. The van der Waals surface area contributed by atoms with Gasteiger partial charge >= 0.3 is 0 Å². The van der Waals surface area contributed by atoms with Gasteiger partial charge in [0, 0.05) is 22.5 Å². The van der Waals surface area contributed by atoms with E-state index >= 15 is 0 Å². The van der Waals surface area contributed by atoms with E-state index in [0.717, 1.165) is 23.8 Å². The molecule has 3 rings (SSSR count). The van der Waals surface area contributed by atoms with E-state index in [0.29, 0.717) is 0 Å². The third-order valence-corrected chi connectivity index (χ3v) is 5.14. The SMILES string of the molecule is CCCN1C(=S)N[C@@H](c2ccccn2)[C@H]1c1ccc(C)s1. The fourth-order valence-corrected chi connectivity index (χ4v) is 4.17. The van der Waals surface area contributed by atoms with Crippen molar-refractivity contribution in [2.45, 2.75) is 32.4 Å². The monoisotopic (exact) mass is 317 g/mol. The van der Waals surface area contributed by atoms with E-state index in [4.69, 9.17) is 12.2 Å². The van der Waals surface area contributed by atoms with Crippen molar-refractivity contribution in [3.8, 4) is 0 Å². The number of nitrogens with one attached hydrogen (secondary N) is 1. The van der Waals surface area contributed by atoms with E-state index in [1.807, 2.05) is 29.7 Å². The van der Waals surface area contributed by atoms with Gasteiger partial charge in [0.1, 0.15) is 0 Å². The van der Waals surface area contributed by atoms with Crippen molar-refractivity contribution >= 4 is 28.7 Å². The second-order valence-corrected chi connectivity index (χ2v) is 6.97. The molecule has 1 saturated heterocycles. The van der Waals surface area contributed by atoms with Crippen LogP contribution in [0.5, 0.6) is 0 Å². The number of aromatic nitrogens is 1. The van der Waals surface area contributed by atoms with Crippen LogP contribution < -0.4 is 5.32 Å². The van der Waals surface area contributed by atoms with Crippen molar-refractivity contribution < 1.29 is 0 Å². The first-order valence-electron chi connectivity index (χ1n) is 7.25. The lowest BCUT2D eigenvalue weighted by molar-refractivity contribution is 0.322. The van der Waals surface area contributed by atoms with Crippen molar-refractivity contribution in [2.75, 3.05) is 6.54 Å². The van der Waals surface area contributed by atoms with Crippen LogP contribution in [0.25, 0.3) is 0 Å². The van der Waals surface area contributed by atoms with Crippen LogP contribution in [0, 0.1) is 6.92 Å². The molecule has 5 heteroatoms. The third-order valence-electron chi connectivity index (χ3n) is 3.71. The molecule has 0 radical (unpaired) electrons. The Kier molecular flexibility index (Phi) is 4.22. The van der Waals surface area contributed by atoms with Gasteiger partial charge in [0.15, 0.2) is 5.11 Å². The van der Waals surface area contributed by atoms with E-state index in [9.17, 15) is 0 Å². The molecule has 110 valence electrons. The van der Waals surface area contributed by atoms with E-state index < -0.39 is 0 Å². The van der Waals surface area contributed by atoms with Crippen LogP contribution in [0.3, 0.4) is 0 Å². The lowest BCUT2D eigenvalue weighted by Crippen LogP contribution is -2.29. The molecule has 0 bridgehead atoms. The zero-order valence-corrected chi connectivity index (χ0v) is 13.9.